The first-order chi connectivity index (χ1) is 12.5. The van der Waals surface area contributed by atoms with Crippen molar-refractivity contribution < 1.29 is 28.0 Å². The normalized spacial score (nSPS) is 10.7. The summed E-state index contributed by atoms with van der Waals surface area (Å²) in [5, 5.41) is 3.84. The third kappa shape index (κ3) is 3.39. The quantitative estimate of drug-likeness (QED) is 0.673. The fraction of sp³-hybridized carbons (Fsp3) is 0.278. The van der Waals surface area contributed by atoms with Crippen LogP contribution in [0, 0.1) is 13.8 Å². The number of furan rings is 1. The molecule has 0 aliphatic carbocycles. The van der Waals surface area contributed by atoms with E-state index in [4.69, 9.17) is 18.4 Å². The minimum atomic E-state index is -0.594. The van der Waals surface area contributed by atoms with Crippen LogP contribution >= 0.6 is 0 Å². The first-order valence-corrected chi connectivity index (χ1v) is 8.04. The van der Waals surface area contributed by atoms with Crippen molar-refractivity contribution in [2.75, 3.05) is 6.61 Å². The number of carbonyl (C=O) groups is 2. The summed E-state index contributed by atoms with van der Waals surface area (Å²) in [5.74, 6) is -0.0939. The molecule has 0 aromatic carbocycles. The molecule has 0 aliphatic rings. The molecule has 0 saturated carbocycles. The summed E-state index contributed by atoms with van der Waals surface area (Å²) in [7, 11) is 0. The van der Waals surface area contributed by atoms with Gasteiger partial charge in [0.1, 0.15) is 18.0 Å². The molecular formula is C18H18N2O6. The van der Waals surface area contributed by atoms with Gasteiger partial charge >= 0.3 is 11.9 Å². The molecular weight excluding hydrogens is 340 g/mol. The van der Waals surface area contributed by atoms with Crippen molar-refractivity contribution in [1.29, 1.82) is 0 Å². The average Bonchev–Trinajstić information content (AvgIpc) is 3.32. The number of hydrogen-bond acceptors (Lipinski definition) is 7. The van der Waals surface area contributed by atoms with Crippen molar-refractivity contribution in [2.24, 2.45) is 0 Å². The summed E-state index contributed by atoms with van der Waals surface area (Å²) in [6, 6.07) is 5.09. The zero-order valence-corrected chi connectivity index (χ0v) is 14.6. The van der Waals surface area contributed by atoms with Gasteiger partial charge in [0.25, 0.3) is 0 Å². The molecule has 0 radical (unpaired) electrons. The Morgan fingerprint density at radius 3 is 2.69 bits per heavy atom. The average molecular weight is 358 g/mol. The van der Waals surface area contributed by atoms with Gasteiger partial charge in [-0.3, -0.25) is 0 Å². The molecule has 0 bridgehead atoms. The van der Waals surface area contributed by atoms with Gasteiger partial charge in [0.2, 0.25) is 5.76 Å². The van der Waals surface area contributed by atoms with Gasteiger partial charge in [-0.2, -0.15) is 0 Å². The van der Waals surface area contributed by atoms with Crippen LogP contribution in [-0.2, 0) is 16.1 Å². The number of carbonyl (C=O) groups excluding carboxylic acids is 2. The van der Waals surface area contributed by atoms with E-state index in [0.717, 1.165) is 0 Å². The first kappa shape index (κ1) is 17.5. The Balaban J connectivity index is 1.69. The molecule has 0 fully saturated rings. The van der Waals surface area contributed by atoms with E-state index in [2.05, 4.69) is 10.1 Å². The summed E-state index contributed by atoms with van der Waals surface area (Å²) >= 11 is 0. The summed E-state index contributed by atoms with van der Waals surface area (Å²) in [6.45, 7) is 5.27. The third-order valence-corrected chi connectivity index (χ3v) is 3.80. The zero-order valence-electron chi connectivity index (χ0n) is 14.6. The van der Waals surface area contributed by atoms with Gasteiger partial charge in [-0.25, -0.2) is 9.59 Å². The van der Waals surface area contributed by atoms with E-state index in [-0.39, 0.29) is 18.9 Å². The van der Waals surface area contributed by atoms with Crippen LogP contribution in [-0.4, -0.2) is 28.7 Å². The number of esters is 2. The van der Waals surface area contributed by atoms with Crippen molar-refractivity contribution >= 4 is 11.9 Å². The van der Waals surface area contributed by atoms with Gasteiger partial charge in [-0.15, -0.1) is 0 Å². The lowest BCUT2D eigenvalue weighted by molar-refractivity contribution is 0.0457. The van der Waals surface area contributed by atoms with E-state index in [0.29, 0.717) is 34.0 Å². The van der Waals surface area contributed by atoms with Crippen LogP contribution in [0.15, 0.2) is 33.4 Å². The Hall–Kier alpha value is -3.29. The molecule has 8 heteroatoms. The Morgan fingerprint density at radius 1 is 1.19 bits per heavy atom. The topological polar surface area (TPSA) is 108 Å². The molecule has 0 saturated heterocycles. The van der Waals surface area contributed by atoms with Crippen LogP contribution < -0.4 is 0 Å². The van der Waals surface area contributed by atoms with Gasteiger partial charge in [0, 0.05) is 11.8 Å². The smallest absolute Gasteiger partial charge is 0.355 e. The number of nitrogens with one attached hydrogen (secondary N) is 1. The molecule has 1 N–H and O–H groups in total. The van der Waals surface area contributed by atoms with E-state index in [1.165, 1.54) is 6.26 Å². The van der Waals surface area contributed by atoms with Crippen molar-refractivity contribution in [2.45, 2.75) is 27.4 Å². The maximum atomic E-state index is 12.3. The molecule has 0 spiro atoms. The standard InChI is InChI=1S/C18H18N2O6/c1-4-23-17(21)15-10(2)16(19-11(15)3)18(22)25-9-12-8-14(26-20-12)13-6-5-7-24-13/h5-8,19H,4,9H2,1-3H3. The number of aromatic amines is 1. The Bertz CT molecular complexity index is 920. The Kier molecular flexibility index (Phi) is 4.92. The van der Waals surface area contributed by atoms with Crippen LogP contribution in [0.5, 0.6) is 0 Å². The van der Waals surface area contributed by atoms with Crippen molar-refractivity contribution in [3.8, 4) is 11.5 Å². The van der Waals surface area contributed by atoms with E-state index >= 15 is 0 Å². The lowest BCUT2D eigenvalue weighted by Crippen LogP contribution is -2.09. The van der Waals surface area contributed by atoms with Gasteiger partial charge in [0.15, 0.2) is 5.76 Å². The van der Waals surface area contributed by atoms with Crippen molar-refractivity contribution in [3.05, 3.63) is 52.7 Å². The Morgan fingerprint density at radius 2 is 2.00 bits per heavy atom. The van der Waals surface area contributed by atoms with Crippen LogP contribution in [0.2, 0.25) is 0 Å². The van der Waals surface area contributed by atoms with E-state index in [1.807, 2.05) is 0 Å². The highest BCUT2D eigenvalue weighted by Gasteiger charge is 2.24. The number of aryl methyl sites for hydroxylation is 1. The van der Waals surface area contributed by atoms with Crippen molar-refractivity contribution in [1.82, 2.24) is 10.1 Å². The predicted octanol–water partition coefficient (Wildman–Crippen LogP) is 3.41. The highest BCUT2D eigenvalue weighted by molar-refractivity contribution is 5.98. The first-order valence-electron chi connectivity index (χ1n) is 8.04. The molecule has 0 unspecified atom stereocenters. The summed E-state index contributed by atoms with van der Waals surface area (Å²) < 4.78 is 20.6. The van der Waals surface area contributed by atoms with Crippen LogP contribution in [0.25, 0.3) is 11.5 Å². The monoisotopic (exact) mass is 358 g/mol. The van der Waals surface area contributed by atoms with E-state index in [9.17, 15) is 9.59 Å². The number of aromatic nitrogens is 2. The zero-order chi connectivity index (χ0) is 18.7. The molecule has 3 heterocycles. The van der Waals surface area contributed by atoms with Gasteiger partial charge < -0.3 is 23.4 Å². The van der Waals surface area contributed by atoms with Gasteiger partial charge in [-0.05, 0) is 38.5 Å². The number of ether oxygens (including phenoxy) is 2. The number of rotatable bonds is 6. The van der Waals surface area contributed by atoms with E-state index < -0.39 is 11.9 Å². The molecule has 3 aromatic rings. The summed E-state index contributed by atoms with van der Waals surface area (Å²) in [4.78, 5) is 27.2. The minimum Gasteiger partial charge on any atom is -0.462 e. The highest BCUT2D eigenvalue weighted by atomic mass is 16.5. The lowest BCUT2D eigenvalue weighted by Gasteiger charge is -2.03. The van der Waals surface area contributed by atoms with Crippen LogP contribution in [0.4, 0.5) is 0 Å². The second-order valence-corrected chi connectivity index (χ2v) is 5.58. The SMILES string of the molecule is CCOC(=O)c1c(C)[nH]c(C(=O)OCc2cc(-c3ccco3)on2)c1C. The minimum absolute atomic E-state index is 0.0741. The molecule has 0 aliphatic heterocycles. The molecule has 3 rings (SSSR count). The van der Waals surface area contributed by atoms with Gasteiger partial charge in [0.05, 0.1) is 18.4 Å². The molecule has 0 atom stereocenters. The second kappa shape index (κ2) is 7.30. The lowest BCUT2D eigenvalue weighted by atomic mass is 10.1. The molecule has 136 valence electrons. The fourth-order valence-corrected chi connectivity index (χ4v) is 2.59. The van der Waals surface area contributed by atoms with E-state index in [1.54, 1.807) is 39.0 Å². The molecule has 3 aromatic heterocycles. The Labute approximate surface area is 149 Å². The van der Waals surface area contributed by atoms with Crippen LogP contribution in [0.1, 0.15) is 44.7 Å². The summed E-state index contributed by atoms with van der Waals surface area (Å²) in [5.41, 5.74) is 2.04. The van der Waals surface area contributed by atoms with Crippen LogP contribution in [0.3, 0.4) is 0 Å². The third-order valence-electron chi connectivity index (χ3n) is 3.80. The number of nitrogens with zero attached hydrogens (tertiary/aromatic N) is 1. The largest absolute Gasteiger partial charge is 0.462 e. The van der Waals surface area contributed by atoms with Gasteiger partial charge in [-0.1, -0.05) is 5.16 Å². The molecule has 0 amide bonds. The molecule has 8 nitrogen and oxygen atoms in total. The number of hydrogen-bond donors (Lipinski definition) is 1. The van der Waals surface area contributed by atoms with Crippen molar-refractivity contribution in [3.63, 3.8) is 0 Å². The maximum Gasteiger partial charge on any atom is 0.355 e. The predicted molar refractivity (Wildman–Crippen MR) is 89.5 cm³/mol. The fourth-order valence-electron chi connectivity index (χ4n) is 2.59. The number of H-pyrrole nitrogens is 1. The molecule has 26 heavy (non-hydrogen) atoms. The maximum absolute atomic E-state index is 12.3. The highest BCUT2D eigenvalue weighted by Crippen LogP contribution is 2.22. The second-order valence-electron chi connectivity index (χ2n) is 5.58. The summed E-state index contributed by atoms with van der Waals surface area (Å²) in [6.07, 6.45) is 1.52.